The Hall–Kier alpha value is -2.60. The van der Waals surface area contributed by atoms with Gasteiger partial charge in [0.1, 0.15) is 0 Å². The van der Waals surface area contributed by atoms with Gasteiger partial charge in [0.2, 0.25) is 0 Å². The van der Waals surface area contributed by atoms with Crippen LogP contribution >= 0.6 is 30.4 Å². The van der Waals surface area contributed by atoms with Crippen molar-refractivity contribution < 1.29 is 67.6 Å². The van der Waals surface area contributed by atoms with E-state index >= 15 is 0 Å². The van der Waals surface area contributed by atoms with E-state index in [1.165, 1.54) is 97.1 Å². The molecular formula is C27H32O14P4. The number of hydrogen-bond donors (Lipinski definition) is 10. The van der Waals surface area contributed by atoms with Crippen LogP contribution in [0.1, 0.15) is 22.3 Å². The van der Waals surface area contributed by atoms with Crippen LogP contribution in [-0.2, 0) is 23.7 Å². The molecule has 0 aliphatic carbocycles. The lowest BCUT2D eigenvalue weighted by molar-refractivity contribution is 0.385. The van der Waals surface area contributed by atoms with Gasteiger partial charge in [0.15, 0.2) is 0 Å². The van der Waals surface area contributed by atoms with Gasteiger partial charge < -0.3 is 49.4 Å². The van der Waals surface area contributed by atoms with Crippen molar-refractivity contribution in [2.45, 2.75) is 5.41 Å². The van der Waals surface area contributed by atoms with E-state index in [9.17, 15) is 57.4 Å². The topological polar surface area (TPSA) is 271 Å². The van der Waals surface area contributed by atoms with Crippen molar-refractivity contribution >= 4 is 51.6 Å². The summed E-state index contributed by atoms with van der Waals surface area (Å²) in [5, 5.41) is 12.8. The molecule has 0 heterocycles. The maximum atomic E-state index is 11.9. The summed E-state index contributed by atoms with van der Waals surface area (Å²) in [6.45, 7) is 0. The molecule has 0 unspecified atom stereocenters. The van der Waals surface area contributed by atoms with Gasteiger partial charge in [-0.3, -0.25) is 18.3 Å². The summed E-state index contributed by atoms with van der Waals surface area (Å²) < 4.78 is 47.5. The zero-order valence-electron chi connectivity index (χ0n) is 23.6. The van der Waals surface area contributed by atoms with Crippen LogP contribution in [0.15, 0.2) is 97.1 Å². The Balaban J connectivity index is 0.00000169. The Kier molecular flexibility index (Phi) is 12.8. The van der Waals surface area contributed by atoms with E-state index in [1.807, 2.05) is 0 Å². The first-order chi connectivity index (χ1) is 20.8. The SMILES string of the molecule is CO.CO.O=P(O)(O)c1ccc(C(c2ccc(P(=O)(O)O)cc2)(c2ccc(P(=O)(O)O)cc2)c2ccc(P(=O)(O)O)cc2)cc1. The molecule has 0 fully saturated rings. The summed E-state index contributed by atoms with van der Waals surface area (Å²) in [7, 11) is -16.6. The highest BCUT2D eigenvalue weighted by molar-refractivity contribution is 7.61. The zero-order valence-corrected chi connectivity index (χ0v) is 27.2. The van der Waals surface area contributed by atoms with Crippen molar-refractivity contribution in [3.63, 3.8) is 0 Å². The molecule has 0 aliphatic rings. The predicted octanol–water partition coefficient (Wildman–Crippen LogP) is 0.498. The van der Waals surface area contributed by atoms with Crippen LogP contribution in [0.25, 0.3) is 0 Å². The molecule has 0 aromatic heterocycles. The Bertz CT molecular complexity index is 1480. The Morgan fingerprint density at radius 2 is 0.467 bits per heavy atom. The molecule has 0 bridgehead atoms. The highest BCUT2D eigenvalue weighted by atomic mass is 31.2. The van der Waals surface area contributed by atoms with Crippen LogP contribution in [-0.4, -0.2) is 63.6 Å². The van der Waals surface area contributed by atoms with Crippen molar-refractivity contribution in [1.29, 1.82) is 0 Å². The third-order valence-corrected chi connectivity index (χ3v) is 10.4. The first kappa shape index (κ1) is 38.6. The molecule has 4 rings (SSSR count). The van der Waals surface area contributed by atoms with Gasteiger partial charge in [0.25, 0.3) is 0 Å². The second-order valence-corrected chi connectivity index (χ2v) is 15.5. The van der Waals surface area contributed by atoms with Gasteiger partial charge in [0, 0.05) is 14.2 Å². The van der Waals surface area contributed by atoms with Crippen molar-refractivity contribution in [3.05, 3.63) is 119 Å². The Morgan fingerprint density at radius 3 is 0.578 bits per heavy atom. The number of aliphatic hydroxyl groups is 2. The molecule has 18 heteroatoms. The lowest BCUT2D eigenvalue weighted by Gasteiger charge is -2.37. The van der Waals surface area contributed by atoms with Gasteiger partial charge in [-0.25, -0.2) is 0 Å². The highest BCUT2D eigenvalue weighted by Gasteiger charge is 2.40. The molecule has 244 valence electrons. The average molecular weight is 704 g/mol. The lowest BCUT2D eigenvalue weighted by Crippen LogP contribution is -2.32. The molecule has 4 aromatic carbocycles. The summed E-state index contributed by atoms with van der Waals surface area (Å²) >= 11 is 0. The molecule has 45 heavy (non-hydrogen) atoms. The quantitative estimate of drug-likeness (QED) is 0.0884. The maximum Gasteiger partial charge on any atom is 0.356 e. The molecule has 0 atom stereocenters. The van der Waals surface area contributed by atoms with Gasteiger partial charge in [-0.2, -0.15) is 0 Å². The standard InChI is InChI=1S/C25H24O12P4.2CH4O/c26-38(27,28)21-9-1-17(2-10-21)25(18-3-11-22(12-4-18)39(29,30)31,19-5-13-23(14-6-19)40(32,33)34)20-7-15-24(16-8-20)41(35,36)37;2*1-2/h1-16H,(H2,26,27,28)(H2,29,30,31)(H2,32,33,34)(H2,35,36,37);2*2H,1H3. The maximum absolute atomic E-state index is 11.9. The van der Waals surface area contributed by atoms with Crippen LogP contribution in [0, 0.1) is 0 Å². The monoisotopic (exact) mass is 704 g/mol. The fourth-order valence-corrected chi connectivity index (χ4v) is 6.77. The normalized spacial score (nSPS) is 12.4. The predicted molar refractivity (Wildman–Crippen MR) is 168 cm³/mol. The molecule has 0 aliphatic heterocycles. The van der Waals surface area contributed by atoms with Crippen molar-refractivity contribution in [1.82, 2.24) is 0 Å². The minimum absolute atomic E-state index is 0.291. The molecular weight excluding hydrogens is 672 g/mol. The van der Waals surface area contributed by atoms with Crippen LogP contribution in [0.4, 0.5) is 0 Å². The number of aliphatic hydroxyl groups excluding tert-OH is 2. The first-order valence-corrected chi connectivity index (χ1v) is 18.9. The number of hydrogen-bond acceptors (Lipinski definition) is 6. The molecule has 10 N–H and O–H groups in total. The first-order valence-electron chi connectivity index (χ1n) is 12.4. The highest BCUT2D eigenvalue weighted by Crippen LogP contribution is 2.47. The number of benzene rings is 4. The molecule has 0 saturated carbocycles. The van der Waals surface area contributed by atoms with Crippen LogP contribution in [0.3, 0.4) is 0 Å². The number of rotatable bonds is 8. The Labute approximate surface area is 258 Å². The van der Waals surface area contributed by atoms with Crippen molar-refractivity contribution in [3.8, 4) is 0 Å². The third kappa shape index (κ3) is 8.81. The minimum atomic E-state index is -4.64. The van der Waals surface area contributed by atoms with Crippen LogP contribution < -0.4 is 21.2 Å². The van der Waals surface area contributed by atoms with Gasteiger partial charge in [0.05, 0.1) is 26.6 Å². The molecule has 0 amide bonds. The second-order valence-electron chi connectivity index (χ2n) is 9.11. The molecule has 14 nitrogen and oxygen atoms in total. The third-order valence-electron chi connectivity index (χ3n) is 6.55. The summed E-state index contributed by atoms with van der Waals surface area (Å²) in [5.41, 5.74) is -0.00204. The van der Waals surface area contributed by atoms with Gasteiger partial charge in [-0.15, -0.1) is 0 Å². The van der Waals surface area contributed by atoms with E-state index in [4.69, 9.17) is 10.2 Å². The average Bonchev–Trinajstić information content (AvgIpc) is 2.99. The zero-order chi connectivity index (χ0) is 34.4. The van der Waals surface area contributed by atoms with Crippen LogP contribution in [0.5, 0.6) is 0 Å². The van der Waals surface area contributed by atoms with Gasteiger partial charge in [-0.05, 0) is 70.8 Å². The summed E-state index contributed by atoms with van der Waals surface area (Å²) in [6, 6.07) is 20.9. The van der Waals surface area contributed by atoms with E-state index in [0.29, 0.717) is 22.3 Å². The molecule has 0 radical (unpaired) electrons. The van der Waals surface area contributed by atoms with Crippen LogP contribution in [0.2, 0.25) is 0 Å². The van der Waals surface area contributed by atoms with E-state index in [2.05, 4.69) is 0 Å². The minimum Gasteiger partial charge on any atom is -0.400 e. The summed E-state index contributed by atoms with van der Waals surface area (Å²) in [6.07, 6.45) is 0. The smallest absolute Gasteiger partial charge is 0.356 e. The largest absolute Gasteiger partial charge is 0.400 e. The van der Waals surface area contributed by atoms with E-state index in [0.717, 1.165) is 14.2 Å². The van der Waals surface area contributed by atoms with Crippen molar-refractivity contribution in [2.24, 2.45) is 0 Å². The lowest BCUT2D eigenvalue weighted by atomic mass is 9.65. The summed E-state index contributed by atoms with van der Waals surface area (Å²) in [4.78, 5) is 77.1. The van der Waals surface area contributed by atoms with E-state index < -0.39 is 35.8 Å². The van der Waals surface area contributed by atoms with E-state index in [-0.39, 0.29) is 21.2 Å². The molecule has 0 spiro atoms. The fourth-order valence-electron chi connectivity index (χ4n) is 4.62. The van der Waals surface area contributed by atoms with Gasteiger partial charge in [-0.1, -0.05) is 48.5 Å². The fraction of sp³-hybridized carbons (Fsp3) is 0.111. The molecule has 4 aromatic rings. The second kappa shape index (κ2) is 14.9. The Morgan fingerprint density at radius 1 is 0.333 bits per heavy atom. The van der Waals surface area contributed by atoms with Crippen molar-refractivity contribution in [2.75, 3.05) is 14.2 Å². The van der Waals surface area contributed by atoms with Gasteiger partial charge >= 0.3 is 30.4 Å². The molecule has 0 saturated heterocycles. The summed E-state index contributed by atoms with van der Waals surface area (Å²) in [5.74, 6) is 0. The van der Waals surface area contributed by atoms with E-state index in [1.54, 1.807) is 0 Å².